The number of carbonyl (C=O) groups excluding carboxylic acids is 2. The highest BCUT2D eigenvalue weighted by Gasteiger charge is 2.23. The number of nitriles is 1. The van der Waals surface area contributed by atoms with Crippen molar-refractivity contribution in [2.45, 2.75) is 27.7 Å². The second-order valence-electron chi connectivity index (χ2n) is 5.95. The quantitative estimate of drug-likeness (QED) is 0.371. The molecule has 0 radical (unpaired) electrons. The number of ether oxygens (including phenoxy) is 2. The lowest BCUT2D eigenvalue weighted by atomic mass is 10.1. The van der Waals surface area contributed by atoms with Crippen molar-refractivity contribution in [3.63, 3.8) is 0 Å². The first-order valence-corrected chi connectivity index (χ1v) is 10.1. The minimum absolute atomic E-state index is 0.147. The van der Waals surface area contributed by atoms with Gasteiger partial charge in [-0.2, -0.15) is 5.26 Å². The average molecular weight is 433 g/mol. The molecule has 152 valence electrons. The Labute approximate surface area is 178 Å². The standard InChI is InChI=1S/C21H21ClN2O4S/c1-5-27-17-8-7-16(22)10-14(17)9-15(11-23)19(25)24-20-18(21(26)28-6-2)12(3)13(4)29-20/h7-10H,5-6H2,1-4H3,(H,24,25)/b15-9+. The average Bonchev–Trinajstić information content (AvgIpc) is 2.95. The van der Waals surface area contributed by atoms with Gasteiger partial charge in [0.05, 0.1) is 18.8 Å². The second-order valence-corrected chi connectivity index (χ2v) is 7.61. The highest BCUT2D eigenvalue weighted by Crippen LogP contribution is 2.33. The van der Waals surface area contributed by atoms with Crippen LogP contribution in [0.2, 0.25) is 5.02 Å². The van der Waals surface area contributed by atoms with Crippen LogP contribution in [0, 0.1) is 25.2 Å². The second kappa shape index (κ2) is 10.1. The highest BCUT2D eigenvalue weighted by atomic mass is 35.5. The molecule has 1 N–H and O–H groups in total. The van der Waals surface area contributed by atoms with E-state index in [-0.39, 0.29) is 12.2 Å². The molecule has 1 aromatic heterocycles. The van der Waals surface area contributed by atoms with E-state index in [1.54, 1.807) is 32.0 Å². The molecule has 2 aromatic rings. The number of aryl methyl sites for hydroxylation is 1. The summed E-state index contributed by atoms with van der Waals surface area (Å²) in [7, 11) is 0. The van der Waals surface area contributed by atoms with E-state index in [0.29, 0.717) is 33.5 Å². The van der Waals surface area contributed by atoms with Crippen LogP contribution in [-0.4, -0.2) is 25.1 Å². The van der Waals surface area contributed by atoms with Gasteiger partial charge in [-0.25, -0.2) is 4.79 Å². The van der Waals surface area contributed by atoms with Crippen LogP contribution in [0.3, 0.4) is 0 Å². The van der Waals surface area contributed by atoms with Gasteiger partial charge in [0.2, 0.25) is 0 Å². The zero-order chi connectivity index (χ0) is 21.6. The Morgan fingerprint density at radius 1 is 1.28 bits per heavy atom. The number of benzene rings is 1. The highest BCUT2D eigenvalue weighted by molar-refractivity contribution is 7.16. The molecule has 2 rings (SSSR count). The predicted octanol–water partition coefficient (Wildman–Crippen LogP) is 5.14. The van der Waals surface area contributed by atoms with E-state index >= 15 is 0 Å². The molecule has 1 heterocycles. The first-order valence-electron chi connectivity index (χ1n) is 8.94. The molecule has 29 heavy (non-hydrogen) atoms. The van der Waals surface area contributed by atoms with Gasteiger partial charge in [0, 0.05) is 15.5 Å². The summed E-state index contributed by atoms with van der Waals surface area (Å²) in [6.45, 7) is 7.82. The number of thiophene rings is 1. The van der Waals surface area contributed by atoms with Crippen molar-refractivity contribution < 1.29 is 19.1 Å². The van der Waals surface area contributed by atoms with Crippen molar-refractivity contribution in [1.29, 1.82) is 5.26 Å². The van der Waals surface area contributed by atoms with E-state index in [9.17, 15) is 14.9 Å². The van der Waals surface area contributed by atoms with E-state index in [0.717, 1.165) is 10.4 Å². The van der Waals surface area contributed by atoms with E-state index in [1.807, 2.05) is 19.9 Å². The van der Waals surface area contributed by atoms with Gasteiger partial charge < -0.3 is 14.8 Å². The summed E-state index contributed by atoms with van der Waals surface area (Å²) in [5, 5.41) is 13.0. The zero-order valence-electron chi connectivity index (χ0n) is 16.6. The summed E-state index contributed by atoms with van der Waals surface area (Å²) in [5.41, 5.74) is 1.40. The smallest absolute Gasteiger partial charge is 0.341 e. The normalized spacial score (nSPS) is 11.0. The number of rotatable bonds is 7. The molecule has 0 unspecified atom stereocenters. The Morgan fingerprint density at radius 3 is 2.62 bits per heavy atom. The minimum Gasteiger partial charge on any atom is -0.493 e. The van der Waals surface area contributed by atoms with Crippen molar-refractivity contribution in [3.8, 4) is 11.8 Å². The molecule has 0 saturated carbocycles. The van der Waals surface area contributed by atoms with Crippen LogP contribution in [0.15, 0.2) is 23.8 Å². The van der Waals surface area contributed by atoms with Gasteiger partial charge in [-0.05, 0) is 57.5 Å². The molecule has 0 aliphatic heterocycles. The number of hydrogen-bond acceptors (Lipinski definition) is 6. The fourth-order valence-electron chi connectivity index (χ4n) is 2.56. The van der Waals surface area contributed by atoms with Gasteiger partial charge in [0.15, 0.2) is 0 Å². The number of esters is 1. The summed E-state index contributed by atoms with van der Waals surface area (Å²) in [4.78, 5) is 25.9. The van der Waals surface area contributed by atoms with Crippen LogP contribution >= 0.6 is 22.9 Å². The number of carbonyl (C=O) groups is 2. The Bertz CT molecular complexity index is 1000. The molecule has 1 amide bonds. The fraction of sp³-hybridized carbons (Fsp3) is 0.286. The van der Waals surface area contributed by atoms with Crippen LogP contribution in [0.25, 0.3) is 6.08 Å². The maximum absolute atomic E-state index is 12.7. The third-order valence-electron chi connectivity index (χ3n) is 4.03. The summed E-state index contributed by atoms with van der Waals surface area (Å²) in [5.74, 6) is -0.644. The number of nitrogens with zero attached hydrogens (tertiary/aromatic N) is 1. The molecule has 0 aliphatic carbocycles. The lowest BCUT2D eigenvalue weighted by Gasteiger charge is -2.09. The molecule has 0 fully saturated rings. The first kappa shape index (κ1) is 22.5. The Balaban J connectivity index is 2.39. The molecule has 0 spiro atoms. The number of anilines is 1. The van der Waals surface area contributed by atoms with E-state index in [1.165, 1.54) is 17.4 Å². The molecular weight excluding hydrogens is 412 g/mol. The first-order chi connectivity index (χ1) is 13.8. The molecule has 6 nitrogen and oxygen atoms in total. The van der Waals surface area contributed by atoms with E-state index < -0.39 is 11.9 Å². The third kappa shape index (κ3) is 5.37. The van der Waals surface area contributed by atoms with Gasteiger partial charge in [0.1, 0.15) is 22.4 Å². The molecular formula is C21H21ClN2O4S. The van der Waals surface area contributed by atoms with Crippen molar-refractivity contribution in [1.82, 2.24) is 0 Å². The SMILES string of the molecule is CCOC(=O)c1c(NC(=O)/C(C#N)=C/c2cc(Cl)ccc2OCC)sc(C)c1C. The van der Waals surface area contributed by atoms with Crippen LogP contribution in [0.1, 0.15) is 40.2 Å². The monoisotopic (exact) mass is 432 g/mol. The molecule has 0 bridgehead atoms. The molecule has 0 aliphatic rings. The number of halogens is 1. The van der Waals surface area contributed by atoms with E-state index in [2.05, 4.69) is 5.32 Å². The van der Waals surface area contributed by atoms with Gasteiger partial charge >= 0.3 is 5.97 Å². The maximum Gasteiger partial charge on any atom is 0.341 e. The van der Waals surface area contributed by atoms with Gasteiger partial charge in [-0.15, -0.1) is 11.3 Å². The summed E-state index contributed by atoms with van der Waals surface area (Å²) in [6.07, 6.45) is 1.41. The van der Waals surface area contributed by atoms with Crippen molar-refractivity contribution in [2.24, 2.45) is 0 Å². The molecule has 8 heteroatoms. The Hall–Kier alpha value is -2.82. The lowest BCUT2D eigenvalue weighted by molar-refractivity contribution is -0.112. The van der Waals surface area contributed by atoms with Crippen LogP contribution in [0.5, 0.6) is 5.75 Å². The third-order valence-corrected chi connectivity index (χ3v) is 5.39. The van der Waals surface area contributed by atoms with Gasteiger partial charge in [0.25, 0.3) is 5.91 Å². The summed E-state index contributed by atoms with van der Waals surface area (Å²) in [6, 6.07) is 6.85. The molecule has 0 saturated heterocycles. The molecule has 0 atom stereocenters. The summed E-state index contributed by atoms with van der Waals surface area (Å²) < 4.78 is 10.6. The van der Waals surface area contributed by atoms with Gasteiger partial charge in [-0.3, -0.25) is 4.79 Å². The minimum atomic E-state index is -0.637. The lowest BCUT2D eigenvalue weighted by Crippen LogP contribution is -2.16. The van der Waals surface area contributed by atoms with Crippen LogP contribution in [0.4, 0.5) is 5.00 Å². The Morgan fingerprint density at radius 2 is 2.00 bits per heavy atom. The molecule has 1 aromatic carbocycles. The fourth-order valence-corrected chi connectivity index (χ4v) is 3.78. The van der Waals surface area contributed by atoms with Crippen LogP contribution in [-0.2, 0) is 9.53 Å². The zero-order valence-corrected chi connectivity index (χ0v) is 18.2. The van der Waals surface area contributed by atoms with Crippen LogP contribution < -0.4 is 10.1 Å². The number of hydrogen-bond donors (Lipinski definition) is 1. The number of amides is 1. The number of nitrogens with one attached hydrogen (secondary N) is 1. The van der Waals surface area contributed by atoms with Gasteiger partial charge in [-0.1, -0.05) is 11.6 Å². The largest absolute Gasteiger partial charge is 0.493 e. The van der Waals surface area contributed by atoms with E-state index in [4.69, 9.17) is 21.1 Å². The van der Waals surface area contributed by atoms with Crippen molar-refractivity contribution >= 4 is 45.9 Å². The summed E-state index contributed by atoms with van der Waals surface area (Å²) >= 11 is 7.30. The predicted molar refractivity (Wildman–Crippen MR) is 115 cm³/mol. The van der Waals surface area contributed by atoms with Crippen molar-refractivity contribution in [2.75, 3.05) is 18.5 Å². The topological polar surface area (TPSA) is 88.4 Å². The Kier molecular flexibility index (Phi) is 7.82. The maximum atomic E-state index is 12.7. The van der Waals surface area contributed by atoms with Crippen molar-refractivity contribution in [3.05, 3.63) is 50.4 Å².